The number of rotatable bonds is 3. The molecule has 2 fully saturated rings. The fourth-order valence-electron chi connectivity index (χ4n) is 3.30. The molecule has 2 aliphatic rings. The standard InChI is InChI=1S/C18H24F3N3O2S/c19-18(20,21)14-3-1-4-15(11-14)22-17(25)24-5-2-10-27-13-16(24)12-23-6-8-26-9-7-23/h1,3-4,11,16H,2,5-10,12-13H2,(H,22,25). The maximum absolute atomic E-state index is 12.9. The Balaban J connectivity index is 1.68. The van der Waals surface area contributed by atoms with E-state index >= 15 is 0 Å². The summed E-state index contributed by atoms with van der Waals surface area (Å²) in [5, 5.41) is 2.65. The molecule has 0 aliphatic carbocycles. The van der Waals surface area contributed by atoms with E-state index in [4.69, 9.17) is 4.74 Å². The van der Waals surface area contributed by atoms with Gasteiger partial charge in [-0.25, -0.2) is 4.79 Å². The third kappa shape index (κ3) is 5.76. The maximum atomic E-state index is 12.9. The minimum Gasteiger partial charge on any atom is -0.379 e. The first-order valence-corrected chi connectivity index (χ1v) is 10.2. The number of carbonyl (C=O) groups is 1. The summed E-state index contributed by atoms with van der Waals surface area (Å²) in [6, 6.07) is 4.45. The van der Waals surface area contributed by atoms with E-state index in [2.05, 4.69) is 10.2 Å². The minimum absolute atomic E-state index is 0.0291. The van der Waals surface area contributed by atoms with E-state index in [9.17, 15) is 18.0 Å². The zero-order valence-electron chi connectivity index (χ0n) is 15.0. The van der Waals surface area contributed by atoms with Crippen molar-refractivity contribution in [3.63, 3.8) is 0 Å². The normalized spacial score (nSPS) is 22.3. The Hall–Kier alpha value is -1.45. The Morgan fingerprint density at radius 3 is 2.78 bits per heavy atom. The van der Waals surface area contributed by atoms with Gasteiger partial charge in [0, 0.05) is 37.6 Å². The van der Waals surface area contributed by atoms with Gasteiger partial charge in [0.05, 0.1) is 24.8 Å². The van der Waals surface area contributed by atoms with Gasteiger partial charge in [-0.1, -0.05) is 6.07 Å². The molecule has 9 heteroatoms. The lowest BCUT2D eigenvalue weighted by Crippen LogP contribution is -2.51. The number of amides is 2. The number of carbonyl (C=O) groups excluding carboxylic acids is 1. The molecule has 150 valence electrons. The predicted molar refractivity (Wildman–Crippen MR) is 100 cm³/mol. The third-order valence-corrected chi connectivity index (χ3v) is 5.91. The lowest BCUT2D eigenvalue weighted by Gasteiger charge is -2.35. The van der Waals surface area contributed by atoms with Gasteiger partial charge in [-0.2, -0.15) is 24.9 Å². The van der Waals surface area contributed by atoms with Gasteiger partial charge >= 0.3 is 12.2 Å². The van der Waals surface area contributed by atoms with Crippen LogP contribution in [0.5, 0.6) is 0 Å². The zero-order chi connectivity index (χ0) is 19.3. The smallest absolute Gasteiger partial charge is 0.379 e. The molecule has 0 aromatic heterocycles. The van der Waals surface area contributed by atoms with Crippen molar-refractivity contribution in [3.05, 3.63) is 29.8 Å². The van der Waals surface area contributed by atoms with Crippen LogP contribution in [-0.4, -0.2) is 72.8 Å². The van der Waals surface area contributed by atoms with E-state index in [1.54, 1.807) is 4.90 Å². The van der Waals surface area contributed by atoms with E-state index in [0.29, 0.717) is 19.8 Å². The molecule has 1 atom stereocenters. The van der Waals surface area contributed by atoms with Crippen LogP contribution in [0.4, 0.5) is 23.7 Å². The van der Waals surface area contributed by atoms with Crippen LogP contribution < -0.4 is 5.32 Å². The Morgan fingerprint density at radius 2 is 2.04 bits per heavy atom. The number of alkyl halides is 3. The van der Waals surface area contributed by atoms with Gasteiger partial charge in [-0.3, -0.25) is 4.90 Å². The number of nitrogens with zero attached hydrogens (tertiary/aromatic N) is 2. The van der Waals surface area contributed by atoms with Gasteiger partial charge in [0.15, 0.2) is 0 Å². The molecule has 1 aromatic carbocycles. The number of ether oxygens (including phenoxy) is 1. The largest absolute Gasteiger partial charge is 0.416 e. The second-order valence-corrected chi connectivity index (χ2v) is 7.85. The summed E-state index contributed by atoms with van der Waals surface area (Å²) in [7, 11) is 0. The highest BCUT2D eigenvalue weighted by atomic mass is 32.2. The van der Waals surface area contributed by atoms with Gasteiger partial charge in [0.25, 0.3) is 0 Å². The fourth-order valence-corrected chi connectivity index (χ4v) is 4.36. The Bertz CT molecular complexity index is 639. The van der Waals surface area contributed by atoms with Crippen molar-refractivity contribution in [1.82, 2.24) is 9.80 Å². The second-order valence-electron chi connectivity index (χ2n) is 6.70. The van der Waals surface area contributed by atoms with Crippen LogP contribution in [0.3, 0.4) is 0 Å². The Morgan fingerprint density at radius 1 is 1.26 bits per heavy atom. The highest BCUT2D eigenvalue weighted by Crippen LogP contribution is 2.30. The number of urea groups is 1. The van der Waals surface area contributed by atoms with Crippen molar-refractivity contribution < 1.29 is 22.7 Å². The molecule has 3 rings (SSSR count). The molecule has 5 nitrogen and oxygen atoms in total. The topological polar surface area (TPSA) is 44.8 Å². The minimum atomic E-state index is -4.43. The summed E-state index contributed by atoms with van der Waals surface area (Å²) in [5.74, 6) is 1.81. The monoisotopic (exact) mass is 403 g/mol. The first-order chi connectivity index (χ1) is 12.9. The van der Waals surface area contributed by atoms with Crippen molar-refractivity contribution >= 4 is 23.5 Å². The number of morpholine rings is 1. The van der Waals surface area contributed by atoms with Gasteiger partial charge in [0.2, 0.25) is 0 Å². The summed E-state index contributed by atoms with van der Waals surface area (Å²) < 4.78 is 44.1. The van der Waals surface area contributed by atoms with E-state index in [1.807, 2.05) is 11.8 Å². The average molecular weight is 403 g/mol. The van der Waals surface area contributed by atoms with Crippen molar-refractivity contribution in [3.8, 4) is 0 Å². The Kier molecular flexibility index (Phi) is 6.88. The number of hydrogen-bond acceptors (Lipinski definition) is 4. The molecular weight excluding hydrogens is 379 g/mol. The van der Waals surface area contributed by atoms with E-state index in [0.717, 1.165) is 49.7 Å². The summed E-state index contributed by atoms with van der Waals surface area (Å²) in [4.78, 5) is 16.9. The molecule has 2 heterocycles. The first kappa shape index (κ1) is 20.3. The molecule has 2 amide bonds. The molecular formula is C18H24F3N3O2S. The number of anilines is 1. The van der Waals surface area contributed by atoms with Gasteiger partial charge in [-0.05, 0) is 30.4 Å². The number of benzene rings is 1. The summed E-state index contributed by atoms with van der Waals surface area (Å²) >= 11 is 1.82. The third-order valence-electron chi connectivity index (χ3n) is 4.71. The predicted octanol–water partition coefficient (Wildman–Crippen LogP) is 3.38. The molecule has 1 aromatic rings. The molecule has 1 unspecified atom stereocenters. The van der Waals surface area contributed by atoms with Gasteiger partial charge in [-0.15, -0.1) is 0 Å². The molecule has 0 radical (unpaired) electrons. The van der Waals surface area contributed by atoms with Crippen LogP contribution in [-0.2, 0) is 10.9 Å². The lowest BCUT2D eigenvalue weighted by atomic mass is 10.2. The van der Waals surface area contributed by atoms with E-state index in [1.165, 1.54) is 12.1 Å². The molecule has 0 saturated carbocycles. The number of hydrogen-bond donors (Lipinski definition) is 1. The number of thioether (sulfide) groups is 1. The highest BCUT2D eigenvalue weighted by Gasteiger charge is 2.31. The molecule has 1 N–H and O–H groups in total. The van der Waals surface area contributed by atoms with Crippen LogP contribution in [0.2, 0.25) is 0 Å². The summed E-state index contributed by atoms with van der Waals surface area (Å²) in [6.07, 6.45) is -3.56. The van der Waals surface area contributed by atoms with E-state index < -0.39 is 11.7 Å². The molecule has 0 bridgehead atoms. The van der Waals surface area contributed by atoms with Crippen LogP contribution in [0.25, 0.3) is 0 Å². The fraction of sp³-hybridized carbons (Fsp3) is 0.611. The zero-order valence-corrected chi connectivity index (χ0v) is 15.8. The highest BCUT2D eigenvalue weighted by molar-refractivity contribution is 7.99. The van der Waals surface area contributed by atoms with Crippen LogP contribution in [0, 0.1) is 0 Å². The lowest BCUT2D eigenvalue weighted by molar-refractivity contribution is -0.137. The summed E-state index contributed by atoms with van der Waals surface area (Å²) in [5.41, 5.74) is -0.603. The molecule has 2 aliphatic heterocycles. The summed E-state index contributed by atoms with van der Waals surface area (Å²) in [6.45, 7) is 4.42. The van der Waals surface area contributed by atoms with Gasteiger partial charge in [0.1, 0.15) is 0 Å². The second kappa shape index (κ2) is 9.16. The average Bonchev–Trinajstić information content (AvgIpc) is 2.87. The van der Waals surface area contributed by atoms with Crippen molar-refractivity contribution in [1.29, 1.82) is 0 Å². The van der Waals surface area contributed by atoms with Crippen molar-refractivity contribution in [2.24, 2.45) is 0 Å². The maximum Gasteiger partial charge on any atom is 0.416 e. The number of halogens is 3. The molecule has 2 saturated heterocycles. The quantitative estimate of drug-likeness (QED) is 0.841. The van der Waals surface area contributed by atoms with Crippen molar-refractivity contribution in [2.45, 2.75) is 18.6 Å². The van der Waals surface area contributed by atoms with Crippen molar-refractivity contribution in [2.75, 3.05) is 56.2 Å². The van der Waals surface area contributed by atoms with E-state index in [-0.39, 0.29) is 17.8 Å². The number of nitrogens with one attached hydrogen (secondary N) is 1. The van der Waals surface area contributed by atoms with Crippen LogP contribution >= 0.6 is 11.8 Å². The molecule has 27 heavy (non-hydrogen) atoms. The van der Waals surface area contributed by atoms with Crippen LogP contribution in [0.1, 0.15) is 12.0 Å². The Labute approximate surface area is 161 Å². The first-order valence-electron chi connectivity index (χ1n) is 9.06. The molecule has 0 spiro atoms. The SMILES string of the molecule is O=C(Nc1cccc(C(F)(F)F)c1)N1CCCSCC1CN1CCOCC1. The van der Waals surface area contributed by atoms with Gasteiger partial charge < -0.3 is 15.0 Å². The van der Waals surface area contributed by atoms with Crippen LogP contribution in [0.15, 0.2) is 24.3 Å².